The van der Waals surface area contributed by atoms with E-state index in [2.05, 4.69) is 53.4 Å². The number of hydrogen-bond donors (Lipinski definition) is 2. The van der Waals surface area contributed by atoms with Crippen LogP contribution in [0.1, 0.15) is 40.6 Å². The van der Waals surface area contributed by atoms with Crippen LogP contribution in [0, 0.1) is 19.8 Å². The lowest BCUT2D eigenvalue weighted by atomic mass is 9.77. The second-order valence-electron chi connectivity index (χ2n) is 8.61. The highest BCUT2D eigenvalue weighted by Crippen LogP contribution is 2.50. The molecule has 3 atom stereocenters. The minimum absolute atomic E-state index is 0.205. The van der Waals surface area contributed by atoms with Crippen molar-refractivity contribution in [2.45, 2.75) is 37.1 Å². The van der Waals surface area contributed by atoms with Crippen molar-refractivity contribution < 1.29 is 8.42 Å². The van der Waals surface area contributed by atoms with E-state index >= 15 is 0 Å². The lowest BCUT2D eigenvalue weighted by Crippen LogP contribution is -2.29. The zero-order valence-electron chi connectivity index (χ0n) is 17.7. The van der Waals surface area contributed by atoms with Crippen molar-refractivity contribution in [1.29, 1.82) is 0 Å². The number of aryl methyl sites for hydroxylation is 2. The molecule has 0 saturated heterocycles. The molecule has 4 nitrogen and oxygen atoms in total. The molecule has 158 valence electrons. The summed E-state index contributed by atoms with van der Waals surface area (Å²) in [6.45, 7) is 4.04. The van der Waals surface area contributed by atoms with Crippen molar-refractivity contribution in [1.82, 2.24) is 0 Å². The highest BCUT2D eigenvalue weighted by molar-refractivity contribution is 7.92. The van der Waals surface area contributed by atoms with Crippen molar-refractivity contribution in [3.63, 3.8) is 0 Å². The summed E-state index contributed by atoms with van der Waals surface area (Å²) in [6.07, 6.45) is 5.43. The van der Waals surface area contributed by atoms with Crippen LogP contribution in [0.3, 0.4) is 0 Å². The van der Waals surface area contributed by atoms with Crippen LogP contribution >= 0.6 is 0 Å². The van der Waals surface area contributed by atoms with E-state index in [1.807, 2.05) is 37.3 Å². The second-order valence-corrected chi connectivity index (χ2v) is 10.3. The Kier molecular flexibility index (Phi) is 4.86. The number of rotatable bonds is 4. The summed E-state index contributed by atoms with van der Waals surface area (Å²) in [7, 11) is -3.66. The molecule has 0 spiro atoms. The van der Waals surface area contributed by atoms with Crippen LogP contribution in [0.2, 0.25) is 0 Å². The minimum Gasteiger partial charge on any atom is -0.378 e. The van der Waals surface area contributed by atoms with Gasteiger partial charge in [-0.25, -0.2) is 8.42 Å². The van der Waals surface area contributed by atoms with E-state index < -0.39 is 10.0 Å². The van der Waals surface area contributed by atoms with Crippen LogP contribution in [-0.4, -0.2) is 8.42 Å². The van der Waals surface area contributed by atoms with Crippen LogP contribution in [-0.2, 0) is 10.0 Å². The molecule has 0 saturated carbocycles. The number of benzene rings is 3. The Hall–Kier alpha value is -3.05. The fourth-order valence-corrected chi connectivity index (χ4v) is 5.85. The Balaban J connectivity index is 1.49. The van der Waals surface area contributed by atoms with Gasteiger partial charge in [-0.2, -0.15) is 0 Å². The zero-order chi connectivity index (χ0) is 21.6. The fraction of sp³-hybridized carbons (Fsp3) is 0.231. The highest BCUT2D eigenvalue weighted by atomic mass is 32.2. The Morgan fingerprint density at radius 1 is 0.935 bits per heavy atom. The lowest BCUT2D eigenvalue weighted by molar-refractivity contribution is 0.425. The lowest BCUT2D eigenvalue weighted by Gasteiger charge is -2.37. The average Bonchev–Trinajstić information content (AvgIpc) is 3.23. The Morgan fingerprint density at radius 2 is 1.74 bits per heavy atom. The second kappa shape index (κ2) is 7.57. The highest BCUT2D eigenvalue weighted by Gasteiger charge is 2.38. The van der Waals surface area contributed by atoms with E-state index in [4.69, 9.17) is 0 Å². The summed E-state index contributed by atoms with van der Waals surface area (Å²) in [6, 6.07) is 21.7. The molecule has 0 radical (unpaired) electrons. The van der Waals surface area contributed by atoms with Gasteiger partial charge in [0.15, 0.2) is 0 Å². The van der Waals surface area contributed by atoms with Crippen LogP contribution in [0.5, 0.6) is 0 Å². The van der Waals surface area contributed by atoms with Gasteiger partial charge < -0.3 is 5.32 Å². The molecule has 3 aromatic rings. The maximum atomic E-state index is 13.1. The largest absolute Gasteiger partial charge is 0.378 e. The molecule has 0 bridgehead atoms. The molecule has 0 fully saturated rings. The first kappa shape index (κ1) is 19.9. The topological polar surface area (TPSA) is 58.2 Å². The molecule has 0 aromatic heterocycles. The van der Waals surface area contributed by atoms with E-state index in [0.29, 0.717) is 16.5 Å². The van der Waals surface area contributed by atoms with Gasteiger partial charge in [0, 0.05) is 17.3 Å². The minimum atomic E-state index is -3.66. The molecule has 31 heavy (non-hydrogen) atoms. The molecule has 5 rings (SSSR count). The summed E-state index contributed by atoms with van der Waals surface area (Å²) >= 11 is 0. The quantitative estimate of drug-likeness (QED) is 0.504. The van der Waals surface area contributed by atoms with Gasteiger partial charge in [0.05, 0.1) is 10.9 Å². The fourth-order valence-electron chi connectivity index (χ4n) is 4.77. The van der Waals surface area contributed by atoms with E-state index in [0.717, 1.165) is 23.2 Å². The van der Waals surface area contributed by atoms with Crippen LogP contribution in [0.4, 0.5) is 11.4 Å². The van der Waals surface area contributed by atoms with E-state index in [1.54, 1.807) is 12.1 Å². The van der Waals surface area contributed by atoms with E-state index in [9.17, 15) is 8.42 Å². The Bertz CT molecular complexity index is 1260. The Morgan fingerprint density at radius 3 is 2.52 bits per heavy atom. The molecule has 3 aromatic carbocycles. The zero-order valence-corrected chi connectivity index (χ0v) is 18.5. The van der Waals surface area contributed by atoms with Gasteiger partial charge in [-0.15, -0.1) is 0 Å². The summed E-state index contributed by atoms with van der Waals surface area (Å²) in [5, 5.41) is 3.68. The van der Waals surface area contributed by atoms with Gasteiger partial charge in [-0.05, 0) is 73.2 Å². The average molecular weight is 431 g/mol. The summed E-state index contributed by atoms with van der Waals surface area (Å²) in [5.41, 5.74) is 6.16. The van der Waals surface area contributed by atoms with Crippen molar-refractivity contribution in [3.8, 4) is 0 Å². The first-order valence-corrected chi connectivity index (χ1v) is 12.1. The smallest absolute Gasteiger partial charge is 0.261 e. The van der Waals surface area contributed by atoms with Crippen molar-refractivity contribution in [3.05, 3.63) is 101 Å². The summed E-state index contributed by atoms with van der Waals surface area (Å²) < 4.78 is 28.8. The third-order valence-electron chi connectivity index (χ3n) is 6.35. The van der Waals surface area contributed by atoms with Gasteiger partial charge in [-0.1, -0.05) is 54.1 Å². The van der Waals surface area contributed by atoms with Crippen LogP contribution in [0.15, 0.2) is 83.8 Å². The maximum absolute atomic E-state index is 13.1. The molecule has 1 aliphatic heterocycles. The van der Waals surface area contributed by atoms with E-state index in [1.165, 1.54) is 11.1 Å². The SMILES string of the molecule is Cc1ccc([C@H]2Nc3ccc(S(=O)(=O)Nc4cccc(C)c4)cc3[C@H]3C=CC[C@H]32)cc1. The molecule has 1 aliphatic carbocycles. The molecule has 5 heteroatoms. The molecular weight excluding hydrogens is 404 g/mol. The molecule has 0 amide bonds. The van der Waals surface area contributed by atoms with E-state index in [-0.39, 0.29) is 12.0 Å². The summed E-state index contributed by atoms with van der Waals surface area (Å²) in [5.74, 6) is 0.578. The third-order valence-corrected chi connectivity index (χ3v) is 7.73. The van der Waals surface area contributed by atoms with Crippen LogP contribution < -0.4 is 10.0 Å². The van der Waals surface area contributed by atoms with Crippen molar-refractivity contribution >= 4 is 21.4 Å². The number of hydrogen-bond acceptors (Lipinski definition) is 3. The van der Waals surface area contributed by atoms with Crippen molar-refractivity contribution in [2.24, 2.45) is 5.92 Å². The molecule has 1 heterocycles. The first-order chi connectivity index (χ1) is 14.9. The molecular formula is C26H26N2O2S. The van der Waals surface area contributed by atoms with Crippen LogP contribution in [0.25, 0.3) is 0 Å². The molecule has 0 unspecified atom stereocenters. The standard InChI is InChI=1S/C26H26N2O2S/c1-17-9-11-19(12-10-17)26-23-8-4-7-22(23)24-16-21(13-14-25(24)27-26)31(29,30)28-20-6-3-5-18(2)15-20/h3-7,9-16,22-23,26-28H,8H2,1-2H3/t22-,23+,26+/m0/s1. The monoisotopic (exact) mass is 430 g/mol. The molecule has 2 N–H and O–H groups in total. The number of fused-ring (bicyclic) bond motifs is 3. The first-order valence-electron chi connectivity index (χ1n) is 10.6. The number of anilines is 2. The van der Waals surface area contributed by atoms with Gasteiger partial charge in [-0.3, -0.25) is 4.72 Å². The summed E-state index contributed by atoms with van der Waals surface area (Å²) in [4.78, 5) is 0.294. The van der Waals surface area contributed by atoms with Gasteiger partial charge in [0.2, 0.25) is 0 Å². The predicted molar refractivity (Wildman–Crippen MR) is 126 cm³/mol. The number of allylic oxidation sites excluding steroid dienone is 2. The third kappa shape index (κ3) is 3.74. The van der Waals surface area contributed by atoms with Gasteiger partial charge in [0.1, 0.15) is 0 Å². The van der Waals surface area contributed by atoms with Gasteiger partial charge in [0.25, 0.3) is 10.0 Å². The number of nitrogens with one attached hydrogen (secondary N) is 2. The predicted octanol–water partition coefficient (Wildman–Crippen LogP) is 5.93. The van der Waals surface area contributed by atoms with Crippen molar-refractivity contribution in [2.75, 3.05) is 10.0 Å². The number of sulfonamides is 1. The van der Waals surface area contributed by atoms with Gasteiger partial charge >= 0.3 is 0 Å². The normalized spacial score (nSPS) is 21.8. The maximum Gasteiger partial charge on any atom is 0.261 e. The molecule has 2 aliphatic rings. The Labute approximate surface area is 184 Å².